The van der Waals surface area contributed by atoms with Gasteiger partial charge in [0.25, 0.3) is 11.7 Å². The number of hydrogen-bond acceptors (Lipinski definition) is 6. The van der Waals surface area contributed by atoms with Crippen LogP contribution in [0.1, 0.15) is 54.6 Å². The largest absolute Gasteiger partial charge is 0.508 e. The number of aryl methyl sites for hydroxylation is 2. The van der Waals surface area contributed by atoms with Crippen molar-refractivity contribution < 1.29 is 29.3 Å². The number of ether oxygens (including phenoxy) is 2. The second kappa shape index (κ2) is 10.2. The summed E-state index contributed by atoms with van der Waals surface area (Å²) in [6.45, 7) is 9.68. The molecule has 1 aliphatic rings. The van der Waals surface area contributed by atoms with Crippen molar-refractivity contribution in [3.63, 3.8) is 0 Å². The van der Waals surface area contributed by atoms with Gasteiger partial charge in [-0.2, -0.15) is 0 Å². The lowest BCUT2D eigenvalue weighted by molar-refractivity contribution is -0.140. The number of Topliss-reactive ketones (excluding diaryl/α,β-unsaturated/α-hetero) is 1. The topological polar surface area (TPSA) is 96.3 Å². The van der Waals surface area contributed by atoms with Crippen LogP contribution in [0.2, 0.25) is 0 Å². The molecule has 1 fully saturated rings. The maximum atomic E-state index is 13.4. The zero-order valence-electron chi connectivity index (χ0n) is 22.5. The number of nitrogens with zero attached hydrogens (tertiary/aromatic N) is 1. The second-order valence-corrected chi connectivity index (χ2v) is 10.5. The van der Waals surface area contributed by atoms with E-state index < -0.39 is 17.7 Å². The number of benzene rings is 3. The first kappa shape index (κ1) is 26.8. The lowest BCUT2D eigenvalue weighted by Gasteiger charge is -2.26. The molecule has 0 bridgehead atoms. The molecule has 0 aromatic heterocycles. The Labute approximate surface area is 222 Å². The van der Waals surface area contributed by atoms with Gasteiger partial charge in [0.15, 0.2) is 0 Å². The summed E-state index contributed by atoms with van der Waals surface area (Å²) in [4.78, 5) is 28.2. The standard InChI is InChI=1S/C31H33NO6/c1-18-16-25(37-6)19(2)15-24(18)28(34)26-27(21-9-11-22(33)12-10-21)32(30(36)29(26)35)17-20-7-13-23(14-8-20)38-31(3,4)5/h7-16,27,33-34H,17H2,1-6H3/b28-26+. The number of amides is 1. The van der Waals surface area contributed by atoms with Crippen LogP contribution in [-0.2, 0) is 16.1 Å². The van der Waals surface area contributed by atoms with Gasteiger partial charge >= 0.3 is 0 Å². The predicted molar refractivity (Wildman–Crippen MR) is 145 cm³/mol. The zero-order valence-corrected chi connectivity index (χ0v) is 22.5. The quantitative estimate of drug-likeness (QED) is 0.244. The number of aliphatic hydroxyl groups is 1. The Balaban J connectivity index is 1.80. The Bertz CT molecular complexity index is 1400. The Morgan fingerprint density at radius 2 is 1.58 bits per heavy atom. The molecule has 0 saturated carbocycles. The number of methoxy groups -OCH3 is 1. The zero-order chi connectivity index (χ0) is 27.8. The van der Waals surface area contributed by atoms with E-state index in [0.29, 0.717) is 28.2 Å². The molecule has 38 heavy (non-hydrogen) atoms. The van der Waals surface area contributed by atoms with Crippen molar-refractivity contribution >= 4 is 17.4 Å². The lowest BCUT2D eigenvalue weighted by atomic mass is 9.93. The molecule has 0 radical (unpaired) electrons. The highest BCUT2D eigenvalue weighted by Crippen LogP contribution is 2.41. The number of aromatic hydroxyl groups is 1. The number of likely N-dealkylation sites (tertiary alicyclic amines) is 1. The van der Waals surface area contributed by atoms with E-state index in [2.05, 4.69) is 0 Å². The lowest BCUT2D eigenvalue weighted by Crippen LogP contribution is -2.29. The Morgan fingerprint density at radius 3 is 2.16 bits per heavy atom. The maximum absolute atomic E-state index is 13.4. The Hall–Kier alpha value is -4.26. The van der Waals surface area contributed by atoms with E-state index >= 15 is 0 Å². The highest BCUT2D eigenvalue weighted by molar-refractivity contribution is 6.46. The summed E-state index contributed by atoms with van der Waals surface area (Å²) >= 11 is 0. The molecule has 1 saturated heterocycles. The van der Waals surface area contributed by atoms with Crippen molar-refractivity contribution in [1.82, 2.24) is 4.90 Å². The van der Waals surface area contributed by atoms with Gasteiger partial charge in [-0.1, -0.05) is 24.3 Å². The number of rotatable bonds is 6. The number of carbonyl (C=O) groups is 2. The number of phenolic OH excluding ortho intramolecular Hbond substituents is 1. The van der Waals surface area contributed by atoms with Crippen LogP contribution in [0.25, 0.3) is 5.76 Å². The molecule has 1 heterocycles. The second-order valence-electron chi connectivity index (χ2n) is 10.5. The van der Waals surface area contributed by atoms with Gasteiger partial charge in [-0.05, 0) is 93.3 Å². The number of hydrogen-bond donors (Lipinski definition) is 2. The van der Waals surface area contributed by atoms with Gasteiger partial charge in [0.2, 0.25) is 0 Å². The van der Waals surface area contributed by atoms with Crippen LogP contribution in [0.5, 0.6) is 17.2 Å². The van der Waals surface area contributed by atoms with Crippen LogP contribution < -0.4 is 9.47 Å². The maximum Gasteiger partial charge on any atom is 0.295 e. The van der Waals surface area contributed by atoms with Crippen LogP contribution in [0, 0.1) is 13.8 Å². The highest BCUT2D eigenvalue weighted by Gasteiger charge is 2.46. The molecule has 1 atom stereocenters. The summed E-state index contributed by atoms with van der Waals surface area (Å²) in [5.41, 5.74) is 2.99. The number of ketones is 1. The highest BCUT2D eigenvalue weighted by atomic mass is 16.5. The van der Waals surface area contributed by atoms with E-state index in [1.54, 1.807) is 31.4 Å². The molecular formula is C31H33NO6. The average molecular weight is 516 g/mol. The molecule has 1 aliphatic heterocycles. The third-order valence-corrected chi connectivity index (χ3v) is 6.45. The van der Waals surface area contributed by atoms with Crippen LogP contribution in [-0.4, -0.2) is 39.5 Å². The van der Waals surface area contributed by atoms with Gasteiger partial charge in [-0.3, -0.25) is 9.59 Å². The van der Waals surface area contributed by atoms with Crippen LogP contribution in [0.15, 0.2) is 66.2 Å². The minimum Gasteiger partial charge on any atom is -0.508 e. The normalized spacial score (nSPS) is 17.1. The van der Waals surface area contributed by atoms with Crippen molar-refractivity contribution in [2.45, 2.75) is 52.8 Å². The number of phenols is 1. The van der Waals surface area contributed by atoms with E-state index in [0.717, 1.165) is 11.1 Å². The fourth-order valence-electron chi connectivity index (χ4n) is 4.67. The summed E-state index contributed by atoms with van der Waals surface area (Å²) in [7, 11) is 1.57. The molecule has 7 nitrogen and oxygen atoms in total. The molecular weight excluding hydrogens is 482 g/mol. The average Bonchev–Trinajstić information content (AvgIpc) is 3.10. The van der Waals surface area contributed by atoms with Gasteiger partial charge < -0.3 is 24.6 Å². The summed E-state index contributed by atoms with van der Waals surface area (Å²) in [6, 6.07) is 16.4. The molecule has 3 aromatic rings. The minimum absolute atomic E-state index is 0.000965. The molecule has 0 spiro atoms. The van der Waals surface area contributed by atoms with Crippen molar-refractivity contribution in [3.8, 4) is 17.2 Å². The predicted octanol–water partition coefficient (Wildman–Crippen LogP) is 5.82. The SMILES string of the molecule is COc1cc(C)c(/C(O)=C2\C(=O)C(=O)N(Cc3ccc(OC(C)(C)C)cc3)C2c2ccc(O)cc2)cc1C. The minimum atomic E-state index is -0.845. The summed E-state index contributed by atoms with van der Waals surface area (Å²) in [5.74, 6) is -0.302. The summed E-state index contributed by atoms with van der Waals surface area (Å²) in [6.07, 6.45) is 0. The monoisotopic (exact) mass is 515 g/mol. The van der Waals surface area contributed by atoms with E-state index in [-0.39, 0.29) is 29.2 Å². The van der Waals surface area contributed by atoms with Crippen molar-refractivity contribution in [3.05, 3.63) is 94.1 Å². The smallest absolute Gasteiger partial charge is 0.295 e. The number of aliphatic hydroxyl groups excluding tert-OH is 1. The summed E-state index contributed by atoms with van der Waals surface area (Å²) in [5, 5.41) is 21.3. The van der Waals surface area contributed by atoms with E-state index in [1.807, 2.05) is 58.9 Å². The van der Waals surface area contributed by atoms with Crippen LogP contribution >= 0.6 is 0 Å². The van der Waals surface area contributed by atoms with E-state index in [4.69, 9.17) is 9.47 Å². The Kier molecular flexibility index (Phi) is 7.22. The molecule has 2 N–H and O–H groups in total. The molecule has 3 aromatic carbocycles. The first-order valence-corrected chi connectivity index (χ1v) is 12.4. The fraction of sp³-hybridized carbons (Fsp3) is 0.290. The molecule has 7 heteroatoms. The van der Waals surface area contributed by atoms with Crippen LogP contribution in [0.3, 0.4) is 0 Å². The van der Waals surface area contributed by atoms with Gasteiger partial charge in [0.1, 0.15) is 28.6 Å². The first-order chi connectivity index (χ1) is 17.9. The molecule has 1 unspecified atom stereocenters. The molecule has 0 aliphatic carbocycles. The van der Waals surface area contributed by atoms with Crippen LogP contribution in [0.4, 0.5) is 0 Å². The number of carbonyl (C=O) groups excluding carboxylic acids is 2. The van der Waals surface area contributed by atoms with Gasteiger partial charge in [0.05, 0.1) is 18.7 Å². The fourth-order valence-corrected chi connectivity index (χ4v) is 4.67. The first-order valence-electron chi connectivity index (χ1n) is 12.4. The van der Waals surface area contributed by atoms with Gasteiger partial charge in [-0.15, -0.1) is 0 Å². The van der Waals surface area contributed by atoms with Crippen molar-refractivity contribution in [2.24, 2.45) is 0 Å². The van der Waals surface area contributed by atoms with Gasteiger partial charge in [-0.25, -0.2) is 0 Å². The van der Waals surface area contributed by atoms with E-state index in [9.17, 15) is 19.8 Å². The van der Waals surface area contributed by atoms with Crippen molar-refractivity contribution in [1.29, 1.82) is 0 Å². The molecule has 1 amide bonds. The third kappa shape index (κ3) is 5.37. The van der Waals surface area contributed by atoms with Crippen molar-refractivity contribution in [2.75, 3.05) is 7.11 Å². The molecule has 4 rings (SSSR count). The Morgan fingerprint density at radius 1 is 0.947 bits per heavy atom. The third-order valence-electron chi connectivity index (χ3n) is 6.45. The summed E-state index contributed by atoms with van der Waals surface area (Å²) < 4.78 is 11.3. The van der Waals surface area contributed by atoms with E-state index in [1.165, 1.54) is 17.0 Å². The molecule has 198 valence electrons. The van der Waals surface area contributed by atoms with Gasteiger partial charge in [0, 0.05) is 12.1 Å².